The summed E-state index contributed by atoms with van der Waals surface area (Å²) in [6, 6.07) is 7.40. The summed E-state index contributed by atoms with van der Waals surface area (Å²) in [5, 5.41) is 6.36. The highest BCUT2D eigenvalue weighted by Gasteiger charge is 2.14. The van der Waals surface area contributed by atoms with Gasteiger partial charge in [0.25, 0.3) is 5.91 Å². The second kappa shape index (κ2) is 7.90. The molecular formula is C16H24N2O2. The molecule has 2 N–H and O–H groups in total. The van der Waals surface area contributed by atoms with Crippen LogP contribution in [0.2, 0.25) is 0 Å². The van der Waals surface area contributed by atoms with Gasteiger partial charge in [0, 0.05) is 6.54 Å². The van der Waals surface area contributed by atoms with Crippen LogP contribution in [0.5, 0.6) is 5.75 Å². The number of carbonyl (C=O) groups excluding carboxylic acids is 1. The van der Waals surface area contributed by atoms with Crippen molar-refractivity contribution in [2.75, 3.05) is 26.2 Å². The van der Waals surface area contributed by atoms with Crippen LogP contribution in [0.4, 0.5) is 0 Å². The Labute approximate surface area is 120 Å². The Morgan fingerprint density at radius 2 is 2.10 bits per heavy atom. The number of benzene rings is 1. The Morgan fingerprint density at radius 3 is 2.85 bits per heavy atom. The molecule has 0 aromatic heterocycles. The standard InChI is InChI=1S/C16H24N2O2/c1-2-20-15-6-4-3-5-14(15)16(19)18-12-9-13-7-10-17-11-8-13/h3-6,13,17H,2,7-12H2,1H3,(H,18,19). The molecule has 1 heterocycles. The smallest absolute Gasteiger partial charge is 0.255 e. The van der Waals surface area contributed by atoms with E-state index in [0.29, 0.717) is 17.9 Å². The van der Waals surface area contributed by atoms with E-state index in [1.54, 1.807) is 0 Å². The summed E-state index contributed by atoms with van der Waals surface area (Å²) in [7, 11) is 0. The summed E-state index contributed by atoms with van der Waals surface area (Å²) in [5.41, 5.74) is 0.625. The zero-order chi connectivity index (χ0) is 14.2. The molecule has 4 heteroatoms. The highest BCUT2D eigenvalue weighted by molar-refractivity contribution is 5.96. The van der Waals surface area contributed by atoms with Gasteiger partial charge in [-0.3, -0.25) is 4.79 Å². The van der Waals surface area contributed by atoms with E-state index in [-0.39, 0.29) is 5.91 Å². The minimum absolute atomic E-state index is 0.0389. The Hall–Kier alpha value is -1.55. The van der Waals surface area contributed by atoms with Gasteiger partial charge >= 0.3 is 0 Å². The maximum atomic E-state index is 12.2. The Kier molecular flexibility index (Phi) is 5.87. The fraction of sp³-hybridized carbons (Fsp3) is 0.562. The summed E-state index contributed by atoms with van der Waals surface area (Å²) in [6.07, 6.45) is 3.49. The van der Waals surface area contributed by atoms with E-state index in [1.807, 2.05) is 31.2 Å². The maximum absolute atomic E-state index is 12.2. The van der Waals surface area contributed by atoms with Crippen LogP contribution >= 0.6 is 0 Å². The molecule has 1 aromatic carbocycles. The zero-order valence-corrected chi connectivity index (χ0v) is 12.2. The number of amides is 1. The largest absolute Gasteiger partial charge is 0.493 e. The molecule has 1 fully saturated rings. The van der Waals surface area contributed by atoms with Gasteiger partial charge in [0.05, 0.1) is 12.2 Å². The molecule has 0 spiro atoms. The van der Waals surface area contributed by atoms with Gasteiger partial charge in [-0.15, -0.1) is 0 Å². The van der Waals surface area contributed by atoms with Gasteiger partial charge in [0.15, 0.2) is 0 Å². The monoisotopic (exact) mass is 276 g/mol. The lowest BCUT2D eigenvalue weighted by molar-refractivity contribution is 0.0947. The maximum Gasteiger partial charge on any atom is 0.255 e. The number of carbonyl (C=O) groups is 1. The van der Waals surface area contributed by atoms with E-state index in [2.05, 4.69) is 10.6 Å². The third-order valence-corrected chi connectivity index (χ3v) is 3.73. The summed E-state index contributed by atoms with van der Waals surface area (Å²) in [5.74, 6) is 1.36. The van der Waals surface area contributed by atoms with Gasteiger partial charge in [-0.05, 0) is 57.3 Å². The fourth-order valence-corrected chi connectivity index (χ4v) is 2.59. The fourth-order valence-electron chi connectivity index (χ4n) is 2.59. The first-order valence-corrected chi connectivity index (χ1v) is 7.52. The van der Waals surface area contributed by atoms with Crippen molar-refractivity contribution in [2.24, 2.45) is 5.92 Å². The second-order valence-corrected chi connectivity index (χ2v) is 5.17. The lowest BCUT2D eigenvalue weighted by Gasteiger charge is -2.22. The first kappa shape index (κ1) is 14.9. The molecular weight excluding hydrogens is 252 g/mol. The highest BCUT2D eigenvalue weighted by Crippen LogP contribution is 2.18. The Balaban J connectivity index is 1.82. The van der Waals surface area contributed by atoms with Crippen LogP contribution in [0, 0.1) is 5.92 Å². The van der Waals surface area contributed by atoms with Crippen LogP contribution in [-0.4, -0.2) is 32.1 Å². The summed E-state index contributed by atoms with van der Waals surface area (Å²) < 4.78 is 5.49. The van der Waals surface area contributed by atoms with Gasteiger partial charge < -0.3 is 15.4 Å². The number of para-hydroxylation sites is 1. The van der Waals surface area contributed by atoms with Gasteiger partial charge in [-0.2, -0.15) is 0 Å². The molecule has 0 bridgehead atoms. The SMILES string of the molecule is CCOc1ccccc1C(=O)NCCC1CCNCC1. The van der Waals surface area contributed by atoms with Crippen LogP contribution in [0.1, 0.15) is 36.5 Å². The number of nitrogens with one attached hydrogen (secondary N) is 2. The molecule has 0 radical (unpaired) electrons. The number of piperidine rings is 1. The lowest BCUT2D eigenvalue weighted by atomic mass is 9.95. The molecule has 1 amide bonds. The topological polar surface area (TPSA) is 50.4 Å². The van der Waals surface area contributed by atoms with Gasteiger partial charge in [0.1, 0.15) is 5.75 Å². The van der Waals surface area contributed by atoms with Crippen LogP contribution in [0.25, 0.3) is 0 Å². The molecule has 4 nitrogen and oxygen atoms in total. The first-order valence-electron chi connectivity index (χ1n) is 7.52. The minimum Gasteiger partial charge on any atom is -0.493 e. The molecule has 1 saturated heterocycles. The van der Waals surface area contributed by atoms with Crippen molar-refractivity contribution < 1.29 is 9.53 Å². The number of hydrogen-bond donors (Lipinski definition) is 2. The van der Waals surface area contributed by atoms with Crippen LogP contribution in [-0.2, 0) is 0 Å². The van der Waals surface area contributed by atoms with Gasteiger partial charge in [0.2, 0.25) is 0 Å². The van der Waals surface area contributed by atoms with Crippen molar-refractivity contribution in [1.82, 2.24) is 10.6 Å². The Morgan fingerprint density at radius 1 is 1.35 bits per heavy atom. The molecule has 1 aliphatic rings. The highest BCUT2D eigenvalue weighted by atomic mass is 16.5. The van der Waals surface area contributed by atoms with Gasteiger partial charge in [-0.1, -0.05) is 12.1 Å². The molecule has 0 aliphatic carbocycles. The van der Waals surface area contributed by atoms with E-state index in [1.165, 1.54) is 12.8 Å². The summed E-state index contributed by atoms with van der Waals surface area (Å²) in [4.78, 5) is 12.2. The first-order chi connectivity index (χ1) is 9.81. The molecule has 0 unspecified atom stereocenters. The molecule has 110 valence electrons. The quantitative estimate of drug-likeness (QED) is 0.837. The van der Waals surface area contributed by atoms with Crippen molar-refractivity contribution >= 4 is 5.91 Å². The van der Waals surface area contributed by atoms with E-state index >= 15 is 0 Å². The molecule has 1 aliphatic heterocycles. The molecule has 0 atom stereocenters. The predicted molar refractivity (Wildman–Crippen MR) is 80.2 cm³/mol. The van der Waals surface area contributed by atoms with Crippen molar-refractivity contribution in [2.45, 2.75) is 26.2 Å². The average molecular weight is 276 g/mol. The predicted octanol–water partition coefficient (Wildman–Crippen LogP) is 2.20. The molecule has 2 rings (SSSR count). The van der Waals surface area contributed by atoms with E-state index in [9.17, 15) is 4.79 Å². The zero-order valence-electron chi connectivity index (χ0n) is 12.2. The molecule has 1 aromatic rings. The third kappa shape index (κ3) is 4.23. The number of hydrogen-bond acceptors (Lipinski definition) is 3. The van der Waals surface area contributed by atoms with E-state index in [4.69, 9.17) is 4.74 Å². The summed E-state index contributed by atoms with van der Waals surface area (Å²) in [6.45, 7) is 5.44. The second-order valence-electron chi connectivity index (χ2n) is 5.17. The van der Waals surface area contributed by atoms with E-state index in [0.717, 1.165) is 32.0 Å². The normalized spacial score (nSPS) is 15.8. The minimum atomic E-state index is -0.0389. The Bertz CT molecular complexity index is 428. The lowest BCUT2D eigenvalue weighted by Crippen LogP contribution is -2.31. The van der Waals surface area contributed by atoms with Crippen molar-refractivity contribution in [3.8, 4) is 5.75 Å². The molecule has 20 heavy (non-hydrogen) atoms. The van der Waals surface area contributed by atoms with Crippen molar-refractivity contribution in [1.29, 1.82) is 0 Å². The van der Waals surface area contributed by atoms with Crippen LogP contribution in [0.3, 0.4) is 0 Å². The summed E-state index contributed by atoms with van der Waals surface area (Å²) >= 11 is 0. The number of rotatable bonds is 6. The number of ether oxygens (including phenoxy) is 1. The molecule has 0 saturated carbocycles. The third-order valence-electron chi connectivity index (χ3n) is 3.73. The van der Waals surface area contributed by atoms with Crippen LogP contribution < -0.4 is 15.4 Å². The van der Waals surface area contributed by atoms with Crippen molar-refractivity contribution in [3.05, 3.63) is 29.8 Å². The van der Waals surface area contributed by atoms with Crippen molar-refractivity contribution in [3.63, 3.8) is 0 Å². The van der Waals surface area contributed by atoms with Gasteiger partial charge in [-0.25, -0.2) is 0 Å². The van der Waals surface area contributed by atoms with E-state index < -0.39 is 0 Å². The van der Waals surface area contributed by atoms with Crippen LogP contribution in [0.15, 0.2) is 24.3 Å². The average Bonchev–Trinajstić information content (AvgIpc) is 2.49.